The number of hydrogen-bond acceptors (Lipinski definition) is 4. The Balaban J connectivity index is 2.03. The molecule has 3 aromatic rings. The molecule has 0 aliphatic carbocycles. The summed E-state index contributed by atoms with van der Waals surface area (Å²) in [6, 6.07) is 21.7. The summed E-state index contributed by atoms with van der Waals surface area (Å²) in [6.07, 6.45) is 0. The smallest absolute Gasteiger partial charge is 0.208 e. The van der Waals surface area contributed by atoms with E-state index in [4.69, 9.17) is 11.6 Å². The van der Waals surface area contributed by atoms with Crippen LogP contribution in [0.1, 0.15) is 0 Å². The van der Waals surface area contributed by atoms with Gasteiger partial charge in [-0.25, -0.2) is 8.42 Å². The van der Waals surface area contributed by atoms with Crippen LogP contribution in [0.3, 0.4) is 0 Å². The van der Waals surface area contributed by atoms with Crippen molar-refractivity contribution in [1.82, 2.24) is 0 Å². The molecule has 0 aliphatic heterocycles. The van der Waals surface area contributed by atoms with Crippen LogP contribution >= 0.6 is 11.6 Å². The van der Waals surface area contributed by atoms with Crippen LogP contribution < -0.4 is 0 Å². The predicted molar refractivity (Wildman–Crippen MR) is 94.0 cm³/mol. The average Bonchev–Trinajstić information content (AvgIpc) is 2.61. The summed E-state index contributed by atoms with van der Waals surface area (Å²) < 4.78 is 25.7. The van der Waals surface area contributed by atoms with Gasteiger partial charge >= 0.3 is 0 Å². The summed E-state index contributed by atoms with van der Waals surface area (Å²) >= 11 is 5.83. The minimum Gasteiger partial charge on any atom is -0.218 e. The molecule has 0 saturated carbocycles. The number of azo groups is 1. The van der Waals surface area contributed by atoms with E-state index < -0.39 is 9.84 Å². The number of rotatable bonds is 4. The molecule has 0 bridgehead atoms. The molecule has 0 N–H and O–H groups in total. The molecule has 3 rings (SSSR count). The Morgan fingerprint density at radius 3 is 2.04 bits per heavy atom. The van der Waals surface area contributed by atoms with Crippen LogP contribution in [0.5, 0.6) is 0 Å². The molecule has 0 fully saturated rings. The Bertz CT molecular complexity index is 969. The summed E-state index contributed by atoms with van der Waals surface area (Å²) in [6.45, 7) is 0. The molecule has 0 aliphatic rings. The second-order valence-electron chi connectivity index (χ2n) is 4.96. The van der Waals surface area contributed by atoms with Crippen molar-refractivity contribution in [3.8, 4) is 0 Å². The SMILES string of the molecule is O=S(=O)(c1ccc(Cl)cc1)c1ccccc1N=Nc1ccccc1. The maximum absolute atomic E-state index is 12.8. The molecular weight excluding hydrogens is 344 g/mol. The first-order valence-electron chi connectivity index (χ1n) is 7.14. The van der Waals surface area contributed by atoms with Crippen LogP contribution in [0.2, 0.25) is 5.02 Å². The lowest BCUT2D eigenvalue weighted by molar-refractivity contribution is 0.596. The molecule has 0 unspecified atom stereocenters. The lowest BCUT2D eigenvalue weighted by Crippen LogP contribution is -2.02. The predicted octanol–water partition coefficient (Wildman–Crippen LogP) is 5.59. The van der Waals surface area contributed by atoms with Gasteiger partial charge in [-0.2, -0.15) is 5.11 Å². The number of hydrogen-bond donors (Lipinski definition) is 0. The van der Waals surface area contributed by atoms with Gasteiger partial charge in [-0.3, -0.25) is 0 Å². The van der Waals surface area contributed by atoms with E-state index in [2.05, 4.69) is 10.2 Å². The molecule has 0 radical (unpaired) electrons. The van der Waals surface area contributed by atoms with Gasteiger partial charge in [0.1, 0.15) is 5.69 Å². The second-order valence-corrected chi connectivity index (χ2v) is 7.32. The van der Waals surface area contributed by atoms with Crippen LogP contribution in [0.4, 0.5) is 11.4 Å². The summed E-state index contributed by atoms with van der Waals surface area (Å²) in [5, 5.41) is 8.68. The zero-order valence-corrected chi connectivity index (χ0v) is 14.1. The number of halogens is 1. The third-order valence-electron chi connectivity index (χ3n) is 3.31. The first-order chi connectivity index (χ1) is 11.6. The van der Waals surface area contributed by atoms with Crippen molar-refractivity contribution in [3.05, 3.63) is 83.9 Å². The first kappa shape index (κ1) is 16.4. The molecule has 0 saturated heterocycles. The standard InChI is InChI=1S/C18H13ClN2O2S/c19-14-10-12-16(13-11-14)24(22,23)18-9-5-4-8-17(18)21-20-15-6-2-1-3-7-15/h1-13H. The quantitative estimate of drug-likeness (QED) is 0.572. The summed E-state index contributed by atoms with van der Waals surface area (Å²) in [4.78, 5) is 0.265. The van der Waals surface area contributed by atoms with E-state index >= 15 is 0 Å². The van der Waals surface area contributed by atoms with E-state index in [0.717, 1.165) is 0 Å². The van der Waals surface area contributed by atoms with Crippen LogP contribution in [-0.4, -0.2) is 8.42 Å². The van der Waals surface area contributed by atoms with Gasteiger partial charge in [-0.05, 0) is 48.5 Å². The lowest BCUT2D eigenvalue weighted by Gasteiger charge is -2.07. The normalized spacial score (nSPS) is 11.7. The van der Waals surface area contributed by atoms with Gasteiger partial charge < -0.3 is 0 Å². The molecule has 4 nitrogen and oxygen atoms in total. The van der Waals surface area contributed by atoms with Crippen molar-refractivity contribution in [3.63, 3.8) is 0 Å². The molecule has 3 aromatic carbocycles. The summed E-state index contributed by atoms with van der Waals surface area (Å²) in [5.74, 6) is 0. The highest BCUT2D eigenvalue weighted by atomic mass is 35.5. The van der Waals surface area contributed by atoms with Crippen molar-refractivity contribution in [1.29, 1.82) is 0 Å². The largest absolute Gasteiger partial charge is 0.218 e. The fourth-order valence-corrected chi connectivity index (χ4v) is 3.63. The number of nitrogens with zero attached hydrogens (tertiary/aromatic N) is 2. The monoisotopic (exact) mass is 356 g/mol. The Morgan fingerprint density at radius 1 is 0.708 bits per heavy atom. The zero-order chi connectivity index (χ0) is 17.0. The van der Waals surface area contributed by atoms with Crippen molar-refractivity contribution in [2.24, 2.45) is 10.2 Å². The van der Waals surface area contributed by atoms with Gasteiger partial charge in [0.05, 0.1) is 15.5 Å². The van der Waals surface area contributed by atoms with Crippen LogP contribution in [0.25, 0.3) is 0 Å². The van der Waals surface area contributed by atoms with Crippen LogP contribution in [0.15, 0.2) is 98.9 Å². The van der Waals surface area contributed by atoms with Gasteiger partial charge in [0.15, 0.2) is 0 Å². The molecule has 24 heavy (non-hydrogen) atoms. The highest BCUT2D eigenvalue weighted by molar-refractivity contribution is 7.91. The minimum absolute atomic E-state index is 0.104. The van der Waals surface area contributed by atoms with E-state index in [-0.39, 0.29) is 15.5 Å². The van der Waals surface area contributed by atoms with E-state index in [9.17, 15) is 8.42 Å². The summed E-state index contributed by atoms with van der Waals surface area (Å²) in [5.41, 5.74) is 0.937. The van der Waals surface area contributed by atoms with E-state index in [1.165, 1.54) is 18.2 Å². The van der Waals surface area contributed by atoms with Gasteiger partial charge in [-0.15, -0.1) is 5.11 Å². The maximum Gasteiger partial charge on any atom is 0.208 e. The average molecular weight is 357 g/mol. The van der Waals surface area contributed by atoms with Crippen molar-refractivity contribution >= 4 is 32.8 Å². The highest BCUT2D eigenvalue weighted by Crippen LogP contribution is 2.31. The topological polar surface area (TPSA) is 58.9 Å². The van der Waals surface area contributed by atoms with Crippen molar-refractivity contribution in [2.75, 3.05) is 0 Å². The Morgan fingerprint density at radius 2 is 1.33 bits per heavy atom. The maximum atomic E-state index is 12.8. The van der Waals surface area contributed by atoms with Gasteiger partial charge in [0, 0.05) is 5.02 Å². The molecule has 0 spiro atoms. The zero-order valence-electron chi connectivity index (χ0n) is 12.5. The molecular formula is C18H13ClN2O2S. The highest BCUT2D eigenvalue weighted by Gasteiger charge is 2.21. The molecule has 0 atom stereocenters. The Hall–Kier alpha value is -2.50. The molecule has 6 heteroatoms. The van der Waals surface area contributed by atoms with E-state index in [0.29, 0.717) is 10.7 Å². The molecule has 120 valence electrons. The third kappa shape index (κ3) is 3.53. The lowest BCUT2D eigenvalue weighted by atomic mass is 10.3. The van der Waals surface area contributed by atoms with Crippen LogP contribution in [0, 0.1) is 0 Å². The third-order valence-corrected chi connectivity index (χ3v) is 5.38. The van der Waals surface area contributed by atoms with Crippen molar-refractivity contribution < 1.29 is 8.42 Å². The van der Waals surface area contributed by atoms with Crippen molar-refractivity contribution in [2.45, 2.75) is 9.79 Å². The fraction of sp³-hybridized carbons (Fsp3) is 0. The van der Waals surface area contributed by atoms with Gasteiger partial charge in [0.2, 0.25) is 9.84 Å². The van der Waals surface area contributed by atoms with E-state index in [1.807, 2.05) is 18.2 Å². The van der Waals surface area contributed by atoms with Crippen LogP contribution in [-0.2, 0) is 9.84 Å². The van der Waals surface area contributed by atoms with Gasteiger partial charge in [0.25, 0.3) is 0 Å². The minimum atomic E-state index is -3.70. The fourth-order valence-electron chi connectivity index (χ4n) is 2.11. The second kappa shape index (κ2) is 6.95. The number of benzene rings is 3. The molecule has 0 amide bonds. The Kier molecular flexibility index (Phi) is 4.74. The van der Waals surface area contributed by atoms with Gasteiger partial charge in [-0.1, -0.05) is 41.9 Å². The first-order valence-corrected chi connectivity index (χ1v) is 9.00. The summed E-state index contributed by atoms with van der Waals surface area (Å²) in [7, 11) is -3.70. The van der Waals surface area contributed by atoms with E-state index in [1.54, 1.807) is 42.5 Å². The molecule has 0 aromatic heterocycles. The number of sulfone groups is 1. The molecule has 0 heterocycles. The Labute approximate surface area is 145 Å².